The number of rotatable bonds is 15. The number of benzene rings is 1. The van der Waals surface area contributed by atoms with Gasteiger partial charge in [0.15, 0.2) is 0 Å². The van der Waals surface area contributed by atoms with Crippen molar-refractivity contribution in [3.05, 3.63) is 53.5 Å². The highest BCUT2D eigenvalue weighted by molar-refractivity contribution is 5.65. The Bertz CT molecular complexity index is 822. The maximum atomic E-state index is 15.2. The minimum absolute atomic E-state index is 0.109. The summed E-state index contributed by atoms with van der Waals surface area (Å²) in [5.74, 6) is 1.29. The molecule has 1 saturated carbocycles. The van der Waals surface area contributed by atoms with Gasteiger partial charge in [-0.05, 0) is 79.7 Å². The van der Waals surface area contributed by atoms with Crippen molar-refractivity contribution in [2.24, 2.45) is 5.92 Å². The number of hydrogen-bond acceptors (Lipinski definition) is 1. The molecule has 1 aromatic heterocycles. The molecule has 1 aliphatic carbocycles. The molecule has 0 aliphatic heterocycles. The molecular weight excluding hydrogens is 417 g/mol. The van der Waals surface area contributed by atoms with E-state index in [0.29, 0.717) is 11.5 Å². The largest absolute Gasteiger partial charge is 0.256 e. The Morgan fingerprint density at radius 2 is 1.47 bits per heavy atom. The summed E-state index contributed by atoms with van der Waals surface area (Å²) >= 11 is 0. The van der Waals surface area contributed by atoms with Crippen LogP contribution in [0.1, 0.15) is 134 Å². The van der Waals surface area contributed by atoms with Crippen LogP contribution in [0.4, 0.5) is 4.39 Å². The maximum Gasteiger partial charge on any atom is 0.132 e. The van der Waals surface area contributed by atoms with E-state index in [1.54, 1.807) is 6.07 Å². The molecule has 1 fully saturated rings. The Hall–Kier alpha value is -1.70. The Kier molecular flexibility index (Phi) is 12.1. The molecule has 3 rings (SSSR count). The molecule has 0 spiro atoms. The van der Waals surface area contributed by atoms with Crippen molar-refractivity contribution >= 4 is 0 Å². The fourth-order valence-corrected chi connectivity index (χ4v) is 5.79. The van der Waals surface area contributed by atoms with E-state index >= 15 is 4.39 Å². The van der Waals surface area contributed by atoms with Gasteiger partial charge >= 0.3 is 0 Å². The molecule has 34 heavy (non-hydrogen) atoms. The van der Waals surface area contributed by atoms with Crippen molar-refractivity contribution in [2.45, 2.75) is 129 Å². The molecule has 1 aromatic carbocycles. The van der Waals surface area contributed by atoms with Crippen molar-refractivity contribution in [1.82, 2.24) is 4.98 Å². The fourth-order valence-electron chi connectivity index (χ4n) is 5.79. The van der Waals surface area contributed by atoms with E-state index in [1.807, 2.05) is 18.3 Å². The van der Waals surface area contributed by atoms with Crippen molar-refractivity contribution in [2.75, 3.05) is 0 Å². The second kappa shape index (κ2) is 15.3. The van der Waals surface area contributed by atoms with Crippen LogP contribution in [-0.4, -0.2) is 4.98 Å². The zero-order chi connectivity index (χ0) is 24.0. The van der Waals surface area contributed by atoms with Gasteiger partial charge in [-0.1, -0.05) is 96.6 Å². The zero-order valence-electron chi connectivity index (χ0n) is 22.0. The molecule has 1 nitrogen and oxygen atoms in total. The van der Waals surface area contributed by atoms with E-state index in [4.69, 9.17) is 0 Å². The van der Waals surface area contributed by atoms with Crippen LogP contribution in [0.2, 0.25) is 0 Å². The SMILES string of the molecule is CCCCCCCCC1CCC(c2cccnc2-c2ccc(CCCCCCC)cc2F)CC1. The maximum absolute atomic E-state index is 15.2. The standard InChI is InChI=1S/C32H48FN/c1-3-5-7-9-11-12-15-26-18-21-28(22-19-26)29-17-14-24-34-32(29)30-23-20-27(25-31(30)33)16-13-10-8-6-4-2/h14,17,20,23-26,28H,3-13,15-16,18-19,21-22H2,1-2H3. The lowest BCUT2D eigenvalue weighted by atomic mass is 9.76. The monoisotopic (exact) mass is 465 g/mol. The molecule has 0 bridgehead atoms. The smallest absolute Gasteiger partial charge is 0.132 e. The first-order valence-corrected chi connectivity index (χ1v) is 14.5. The summed E-state index contributed by atoms with van der Waals surface area (Å²) in [6, 6.07) is 10.1. The lowest BCUT2D eigenvalue weighted by Gasteiger charge is -2.30. The molecule has 0 radical (unpaired) electrons. The van der Waals surface area contributed by atoms with Gasteiger partial charge in [0.2, 0.25) is 0 Å². The third-order valence-corrected chi connectivity index (χ3v) is 7.95. The molecule has 0 unspecified atom stereocenters. The first-order chi connectivity index (χ1) is 16.7. The number of hydrogen-bond donors (Lipinski definition) is 0. The summed E-state index contributed by atoms with van der Waals surface area (Å²) in [7, 11) is 0. The molecule has 0 atom stereocenters. The summed E-state index contributed by atoms with van der Waals surface area (Å²) < 4.78 is 15.2. The van der Waals surface area contributed by atoms with E-state index in [1.165, 1.54) is 102 Å². The Morgan fingerprint density at radius 1 is 0.794 bits per heavy atom. The molecule has 0 N–H and O–H groups in total. The van der Waals surface area contributed by atoms with Gasteiger partial charge < -0.3 is 0 Å². The average Bonchev–Trinajstić information content (AvgIpc) is 2.87. The van der Waals surface area contributed by atoms with Crippen LogP contribution in [0.3, 0.4) is 0 Å². The molecule has 1 heterocycles. The van der Waals surface area contributed by atoms with Gasteiger partial charge in [-0.2, -0.15) is 0 Å². The van der Waals surface area contributed by atoms with Gasteiger partial charge in [0.1, 0.15) is 5.82 Å². The Morgan fingerprint density at radius 3 is 2.18 bits per heavy atom. The number of halogens is 1. The van der Waals surface area contributed by atoms with Crippen LogP contribution < -0.4 is 0 Å². The van der Waals surface area contributed by atoms with Crippen molar-refractivity contribution in [3.63, 3.8) is 0 Å². The van der Waals surface area contributed by atoms with E-state index in [0.717, 1.165) is 30.0 Å². The van der Waals surface area contributed by atoms with Crippen molar-refractivity contribution < 1.29 is 4.39 Å². The molecule has 1 aliphatic rings. The Balaban J connectivity index is 1.54. The number of unbranched alkanes of at least 4 members (excludes halogenated alkanes) is 9. The number of nitrogens with zero attached hydrogens (tertiary/aromatic N) is 1. The quantitative estimate of drug-likeness (QED) is 0.238. The van der Waals surface area contributed by atoms with E-state index in [9.17, 15) is 0 Å². The third kappa shape index (κ3) is 8.51. The molecule has 2 heteroatoms. The second-order valence-corrected chi connectivity index (χ2v) is 10.7. The molecule has 0 amide bonds. The van der Waals surface area contributed by atoms with E-state index in [2.05, 4.69) is 31.0 Å². The van der Waals surface area contributed by atoms with E-state index in [-0.39, 0.29) is 5.82 Å². The van der Waals surface area contributed by atoms with Gasteiger partial charge in [0.25, 0.3) is 0 Å². The fraction of sp³-hybridized carbons (Fsp3) is 0.656. The summed E-state index contributed by atoms with van der Waals surface area (Å²) in [5, 5.41) is 0. The molecule has 0 saturated heterocycles. The average molecular weight is 466 g/mol. The van der Waals surface area contributed by atoms with Crippen LogP contribution in [0, 0.1) is 11.7 Å². The van der Waals surface area contributed by atoms with Gasteiger partial charge in [-0.25, -0.2) is 4.39 Å². The normalized spacial score (nSPS) is 18.3. The predicted octanol–water partition coefficient (Wildman–Crippen LogP) is 10.4. The van der Waals surface area contributed by atoms with Crippen molar-refractivity contribution in [3.8, 4) is 11.3 Å². The Labute approximate surface area is 209 Å². The van der Waals surface area contributed by atoms with Gasteiger partial charge in [0.05, 0.1) is 5.69 Å². The summed E-state index contributed by atoms with van der Waals surface area (Å²) in [6.45, 7) is 4.52. The number of aryl methyl sites for hydroxylation is 1. The first-order valence-electron chi connectivity index (χ1n) is 14.5. The summed E-state index contributed by atoms with van der Waals surface area (Å²) in [5.41, 5.74) is 3.92. The van der Waals surface area contributed by atoms with Crippen LogP contribution >= 0.6 is 0 Å². The van der Waals surface area contributed by atoms with Crippen LogP contribution in [0.25, 0.3) is 11.3 Å². The van der Waals surface area contributed by atoms with Gasteiger partial charge in [0, 0.05) is 11.8 Å². The predicted molar refractivity (Wildman–Crippen MR) is 145 cm³/mol. The minimum atomic E-state index is -0.109. The van der Waals surface area contributed by atoms with Gasteiger partial charge in [-0.3, -0.25) is 4.98 Å². The third-order valence-electron chi connectivity index (χ3n) is 7.95. The lowest BCUT2D eigenvalue weighted by molar-refractivity contribution is 0.302. The number of aromatic nitrogens is 1. The van der Waals surface area contributed by atoms with Crippen molar-refractivity contribution in [1.29, 1.82) is 0 Å². The zero-order valence-corrected chi connectivity index (χ0v) is 22.0. The molecule has 2 aromatic rings. The van der Waals surface area contributed by atoms with Crippen LogP contribution in [0.15, 0.2) is 36.5 Å². The van der Waals surface area contributed by atoms with Crippen LogP contribution in [0.5, 0.6) is 0 Å². The second-order valence-electron chi connectivity index (χ2n) is 10.7. The van der Waals surface area contributed by atoms with Gasteiger partial charge in [-0.15, -0.1) is 0 Å². The van der Waals surface area contributed by atoms with E-state index < -0.39 is 0 Å². The highest BCUT2D eigenvalue weighted by Gasteiger charge is 2.25. The highest BCUT2D eigenvalue weighted by atomic mass is 19.1. The molecular formula is C32H48FN. The highest BCUT2D eigenvalue weighted by Crippen LogP contribution is 2.41. The lowest BCUT2D eigenvalue weighted by Crippen LogP contribution is -2.14. The number of pyridine rings is 1. The first kappa shape index (κ1) is 26.9. The van der Waals surface area contributed by atoms with Crippen LogP contribution in [-0.2, 0) is 6.42 Å². The topological polar surface area (TPSA) is 12.9 Å². The molecule has 188 valence electrons. The summed E-state index contributed by atoms with van der Waals surface area (Å²) in [6.07, 6.45) is 23.8. The summed E-state index contributed by atoms with van der Waals surface area (Å²) in [4.78, 5) is 4.67. The minimum Gasteiger partial charge on any atom is -0.256 e.